The number of fused-ring (bicyclic) bond motifs is 1. The maximum absolute atomic E-state index is 5.96. The van der Waals surface area contributed by atoms with Gasteiger partial charge in [-0.2, -0.15) is 0 Å². The third-order valence-electron chi connectivity index (χ3n) is 3.30. The highest BCUT2D eigenvalue weighted by Gasteiger charge is 2.19. The molecule has 3 rings (SSSR count). The van der Waals surface area contributed by atoms with Crippen molar-refractivity contribution in [3.8, 4) is 11.4 Å². The molecule has 1 aromatic heterocycles. The molecule has 0 aliphatic carbocycles. The van der Waals surface area contributed by atoms with Gasteiger partial charge in [0.2, 0.25) is 0 Å². The van der Waals surface area contributed by atoms with Crippen LogP contribution in [0.4, 0.5) is 5.69 Å². The van der Waals surface area contributed by atoms with Crippen LogP contribution in [0.1, 0.15) is 12.1 Å². The Kier molecular flexibility index (Phi) is 2.37. The van der Waals surface area contributed by atoms with Gasteiger partial charge in [0, 0.05) is 42.1 Å². The Bertz CT molecular complexity index is 527. The van der Waals surface area contributed by atoms with E-state index in [4.69, 9.17) is 11.5 Å². The Morgan fingerprint density at radius 3 is 2.76 bits per heavy atom. The number of nitrogen functional groups attached to an aromatic ring is 1. The van der Waals surface area contributed by atoms with Crippen molar-refractivity contribution in [1.82, 2.24) is 9.55 Å². The Morgan fingerprint density at radius 2 is 2.00 bits per heavy atom. The molecule has 1 aromatic carbocycles. The topological polar surface area (TPSA) is 69.9 Å². The van der Waals surface area contributed by atoms with Gasteiger partial charge in [-0.25, -0.2) is 4.98 Å². The average Bonchev–Trinajstić information content (AvgIpc) is 2.73. The molecule has 4 heteroatoms. The molecule has 0 fully saturated rings. The molecule has 1 atom stereocenters. The fourth-order valence-electron chi connectivity index (χ4n) is 2.35. The highest BCUT2D eigenvalue weighted by atomic mass is 15.1. The molecular formula is C13H16N4. The molecule has 0 bridgehead atoms. The summed E-state index contributed by atoms with van der Waals surface area (Å²) in [6, 6.07) is 8.12. The Hall–Kier alpha value is -1.81. The number of anilines is 1. The second-order valence-electron chi connectivity index (χ2n) is 4.60. The number of hydrogen-bond acceptors (Lipinski definition) is 3. The van der Waals surface area contributed by atoms with Crippen LogP contribution in [0.15, 0.2) is 30.5 Å². The van der Waals surface area contributed by atoms with Gasteiger partial charge in [0.25, 0.3) is 0 Å². The summed E-state index contributed by atoms with van der Waals surface area (Å²) in [6.07, 6.45) is 3.87. The molecule has 0 saturated carbocycles. The van der Waals surface area contributed by atoms with Gasteiger partial charge in [0.1, 0.15) is 5.82 Å². The molecule has 0 saturated heterocycles. The molecule has 88 valence electrons. The number of imidazole rings is 1. The van der Waals surface area contributed by atoms with Crippen LogP contribution in [0.25, 0.3) is 11.4 Å². The van der Waals surface area contributed by atoms with E-state index in [1.165, 1.54) is 5.69 Å². The highest BCUT2D eigenvalue weighted by Crippen LogP contribution is 2.24. The van der Waals surface area contributed by atoms with Crippen LogP contribution in [-0.4, -0.2) is 15.6 Å². The summed E-state index contributed by atoms with van der Waals surface area (Å²) in [5.74, 6) is 1.02. The second kappa shape index (κ2) is 3.89. The molecule has 0 amide bonds. The van der Waals surface area contributed by atoms with Crippen LogP contribution in [0.2, 0.25) is 0 Å². The zero-order chi connectivity index (χ0) is 11.8. The Labute approximate surface area is 100 Å². The third-order valence-corrected chi connectivity index (χ3v) is 3.30. The molecule has 4 nitrogen and oxygen atoms in total. The van der Waals surface area contributed by atoms with Crippen LogP contribution in [-0.2, 0) is 13.0 Å². The fourth-order valence-corrected chi connectivity index (χ4v) is 2.35. The van der Waals surface area contributed by atoms with E-state index in [1.54, 1.807) is 0 Å². The van der Waals surface area contributed by atoms with Gasteiger partial charge in [-0.3, -0.25) is 0 Å². The lowest BCUT2D eigenvalue weighted by molar-refractivity contribution is 0.475. The van der Waals surface area contributed by atoms with Crippen molar-refractivity contribution < 1.29 is 0 Å². The summed E-state index contributed by atoms with van der Waals surface area (Å²) in [4.78, 5) is 4.50. The summed E-state index contributed by atoms with van der Waals surface area (Å²) < 4.78 is 2.26. The standard InChI is InChI=1S/C13H16N4/c14-10-3-1-9(2-4-10)13-16-8-12-7-11(15)5-6-17(12)13/h1-4,8,11H,5-7,14-15H2. The number of hydrogen-bond donors (Lipinski definition) is 2. The first kappa shape index (κ1) is 10.4. The molecular weight excluding hydrogens is 212 g/mol. The number of nitrogens with two attached hydrogens (primary N) is 2. The zero-order valence-corrected chi connectivity index (χ0v) is 9.63. The van der Waals surface area contributed by atoms with Gasteiger partial charge >= 0.3 is 0 Å². The molecule has 0 radical (unpaired) electrons. The molecule has 17 heavy (non-hydrogen) atoms. The van der Waals surface area contributed by atoms with Gasteiger partial charge in [0.05, 0.1) is 0 Å². The lowest BCUT2D eigenvalue weighted by atomic mass is 10.1. The molecule has 4 N–H and O–H groups in total. The van der Waals surface area contributed by atoms with Crippen LogP contribution in [0.3, 0.4) is 0 Å². The number of nitrogens with zero attached hydrogens (tertiary/aromatic N) is 2. The normalized spacial score (nSPS) is 19.0. The van der Waals surface area contributed by atoms with E-state index < -0.39 is 0 Å². The van der Waals surface area contributed by atoms with Crippen molar-refractivity contribution in [1.29, 1.82) is 0 Å². The minimum Gasteiger partial charge on any atom is -0.399 e. The first-order valence-corrected chi connectivity index (χ1v) is 5.90. The lowest BCUT2D eigenvalue weighted by Gasteiger charge is -2.21. The molecule has 0 spiro atoms. The van der Waals surface area contributed by atoms with E-state index in [0.29, 0.717) is 0 Å². The number of aromatic nitrogens is 2. The van der Waals surface area contributed by atoms with E-state index in [-0.39, 0.29) is 6.04 Å². The monoisotopic (exact) mass is 228 g/mol. The summed E-state index contributed by atoms with van der Waals surface area (Å²) in [5, 5.41) is 0. The predicted molar refractivity (Wildman–Crippen MR) is 68.4 cm³/mol. The second-order valence-corrected chi connectivity index (χ2v) is 4.60. The SMILES string of the molecule is Nc1ccc(-c2ncc3n2CCC(N)C3)cc1. The summed E-state index contributed by atoms with van der Waals surface area (Å²) in [5.41, 5.74) is 14.8. The molecule has 2 aromatic rings. The van der Waals surface area contributed by atoms with Crippen molar-refractivity contribution in [2.75, 3.05) is 5.73 Å². The first-order valence-electron chi connectivity index (χ1n) is 5.90. The Morgan fingerprint density at radius 1 is 1.24 bits per heavy atom. The van der Waals surface area contributed by atoms with Gasteiger partial charge in [-0.15, -0.1) is 0 Å². The highest BCUT2D eigenvalue weighted by molar-refractivity contribution is 5.59. The van der Waals surface area contributed by atoms with E-state index in [2.05, 4.69) is 9.55 Å². The van der Waals surface area contributed by atoms with E-state index >= 15 is 0 Å². The van der Waals surface area contributed by atoms with Crippen molar-refractivity contribution in [2.45, 2.75) is 25.4 Å². The van der Waals surface area contributed by atoms with Crippen molar-refractivity contribution >= 4 is 5.69 Å². The van der Waals surface area contributed by atoms with Gasteiger partial charge in [-0.1, -0.05) is 0 Å². The van der Waals surface area contributed by atoms with Crippen molar-refractivity contribution in [3.05, 3.63) is 36.2 Å². The van der Waals surface area contributed by atoms with E-state index in [1.807, 2.05) is 30.5 Å². The van der Waals surface area contributed by atoms with Crippen molar-refractivity contribution in [3.63, 3.8) is 0 Å². The molecule has 2 heterocycles. The summed E-state index contributed by atoms with van der Waals surface area (Å²) >= 11 is 0. The Balaban J connectivity index is 2.02. The van der Waals surface area contributed by atoms with E-state index in [9.17, 15) is 0 Å². The van der Waals surface area contributed by atoms with Gasteiger partial charge in [-0.05, 0) is 30.7 Å². The fraction of sp³-hybridized carbons (Fsp3) is 0.308. The third kappa shape index (κ3) is 1.80. The van der Waals surface area contributed by atoms with E-state index in [0.717, 1.165) is 36.5 Å². The van der Waals surface area contributed by atoms with Crippen LogP contribution in [0, 0.1) is 0 Å². The zero-order valence-electron chi connectivity index (χ0n) is 9.63. The van der Waals surface area contributed by atoms with Crippen LogP contribution < -0.4 is 11.5 Å². The van der Waals surface area contributed by atoms with Gasteiger partial charge in [0.15, 0.2) is 0 Å². The molecule has 1 aliphatic rings. The van der Waals surface area contributed by atoms with Crippen LogP contribution in [0.5, 0.6) is 0 Å². The quantitative estimate of drug-likeness (QED) is 0.725. The summed E-state index contributed by atoms with van der Waals surface area (Å²) in [7, 11) is 0. The number of benzene rings is 1. The smallest absolute Gasteiger partial charge is 0.140 e. The maximum Gasteiger partial charge on any atom is 0.140 e. The average molecular weight is 228 g/mol. The number of rotatable bonds is 1. The summed E-state index contributed by atoms with van der Waals surface area (Å²) in [6.45, 7) is 0.955. The van der Waals surface area contributed by atoms with Crippen molar-refractivity contribution in [2.24, 2.45) is 5.73 Å². The van der Waals surface area contributed by atoms with Crippen LogP contribution >= 0.6 is 0 Å². The first-order chi connectivity index (χ1) is 8.24. The maximum atomic E-state index is 5.96. The minimum absolute atomic E-state index is 0.276. The minimum atomic E-state index is 0.276. The lowest BCUT2D eigenvalue weighted by Crippen LogP contribution is -2.30. The largest absolute Gasteiger partial charge is 0.399 e. The molecule has 1 unspecified atom stereocenters. The molecule has 1 aliphatic heterocycles. The van der Waals surface area contributed by atoms with Gasteiger partial charge < -0.3 is 16.0 Å². The predicted octanol–water partition coefficient (Wildman–Crippen LogP) is 1.41.